The molecule has 4 heteroatoms. The van der Waals surface area contributed by atoms with Crippen LogP contribution in [0.5, 0.6) is 0 Å². The van der Waals surface area contributed by atoms with Gasteiger partial charge in [0.2, 0.25) is 0 Å². The molecule has 1 nitrogen and oxygen atoms in total. The molecular weight excluding hydrogens is 264 g/mol. The molecule has 0 bridgehead atoms. The topological polar surface area (TPSA) is 12.0 Å². The van der Waals surface area contributed by atoms with Gasteiger partial charge >= 0.3 is 0 Å². The second-order valence-electron chi connectivity index (χ2n) is 4.09. The molecule has 1 rings (SSSR count). The zero-order valence-corrected chi connectivity index (χ0v) is 11.7. The molecule has 90 valence electrons. The minimum atomic E-state index is 0.272. The summed E-state index contributed by atoms with van der Waals surface area (Å²) in [5.41, 5.74) is 0.932. The monoisotopic (exact) mass is 279 g/mol. The normalized spacial score (nSPS) is 13.1. The second-order valence-corrected chi connectivity index (χ2v) is 5.21. The predicted molar refractivity (Wildman–Crippen MR) is 72.6 cm³/mol. The molecule has 0 spiro atoms. The van der Waals surface area contributed by atoms with Crippen LogP contribution in [0.2, 0.25) is 10.0 Å². The molecule has 0 heterocycles. The molecule has 0 aliphatic heterocycles. The average molecular weight is 281 g/mol. The van der Waals surface area contributed by atoms with Crippen molar-refractivity contribution >= 4 is 34.8 Å². The van der Waals surface area contributed by atoms with Crippen LogP contribution in [-0.2, 0) is 6.54 Å². The number of hydrogen-bond donors (Lipinski definition) is 1. The lowest BCUT2D eigenvalue weighted by molar-refractivity contribution is 0.430. The third kappa shape index (κ3) is 3.81. The van der Waals surface area contributed by atoms with E-state index in [0.717, 1.165) is 5.56 Å². The van der Waals surface area contributed by atoms with Crippen molar-refractivity contribution in [2.24, 2.45) is 5.92 Å². The largest absolute Gasteiger partial charge is 0.308 e. The molecule has 1 unspecified atom stereocenters. The van der Waals surface area contributed by atoms with Crippen LogP contribution in [0.15, 0.2) is 18.2 Å². The van der Waals surface area contributed by atoms with Crippen molar-refractivity contribution in [3.8, 4) is 0 Å². The molecule has 1 aromatic carbocycles. The van der Waals surface area contributed by atoms with Gasteiger partial charge in [-0.3, -0.25) is 0 Å². The Labute approximate surface area is 112 Å². The van der Waals surface area contributed by atoms with Gasteiger partial charge in [0.15, 0.2) is 0 Å². The first kappa shape index (κ1) is 14.1. The van der Waals surface area contributed by atoms with E-state index in [1.54, 1.807) is 0 Å². The lowest BCUT2D eigenvalue weighted by atomic mass is 10.1. The van der Waals surface area contributed by atoms with Crippen molar-refractivity contribution in [1.29, 1.82) is 0 Å². The van der Waals surface area contributed by atoms with Crippen LogP contribution in [0.25, 0.3) is 0 Å². The van der Waals surface area contributed by atoms with E-state index in [-0.39, 0.29) is 6.04 Å². The molecule has 0 radical (unpaired) electrons. The molecular formula is C12H16Cl3N. The predicted octanol–water partition coefficient (Wildman–Crippen LogP) is 4.35. The Morgan fingerprint density at radius 1 is 1.19 bits per heavy atom. The molecule has 0 saturated carbocycles. The van der Waals surface area contributed by atoms with Gasteiger partial charge in [-0.25, -0.2) is 0 Å². The number of rotatable bonds is 5. The molecule has 1 aromatic rings. The van der Waals surface area contributed by atoms with Crippen LogP contribution in [0.1, 0.15) is 19.4 Å². The number of halogens is 3. The standard InChI is InChI=1S/C12H16Cl3N/c1-8(2)12(6-13)16-7-9-10(14)4-3-5-11(9)15/h3-5,8,12,16H,6-7H2,1-2H3. The Bertz CT molecular complexity index is 319. The lowest BCUT2D eigenvalue weighted by Crippen LogP contribution is -2.35. The van der Waals surface area contributed by atoms with E-state index in [2.05, 4.69) is 19.2 Å². The highest BCUT2D eigenvalue weighted by molar-refractivity contribution is 6.35. The van der Waals surface area contributed by atoms with Crippen LogP contribution in [0.3, 0.4) is 0 Å². The van der Waals surface area contributed by atoms with Gasteiger partial charge in [0.05, 0.1) is 0 Å². The number of nitrogens with one attached hydrogen (secondary N) is 1. The van der Waals surface area contributed by atoms with Crippen molar-refractivity contribution in [3.63, 3.8) is 0 Å². The summed E-state index contributed by atoms with van der Waals surface area (Å²) in [5.74, 6) is 1.07. The van der Waals surface area contributed by atoms with Gasteiger partial charge in [-0.05, 0) is 18.1 Å². The van der Waals surface area contributed by atoms with E-state index in [1.807, 2.05) is 18.2 Å². The highest BCUT2D eigenvalue weighted by atomic mass is 35.5. The summed E-state index contributed by atoms with van der Waals surface area (Å²) in [5, 5.41) is 4.75. The van der Waals surface area contributed by atoms with E-state index < -0.39 is 0 Å². The molecule has 0 aliphatic carbocycles. The smallest absolute Gasteiger partial charge is 0.0465 e. The summed E-state index contributed by atoms with van der Waals surface area (Å²) >= 11 is 18.0. The van der Waals surface area contributed by atoms with Crippen molar-refractivity contribution in [2.45, 2.75) is 26.4 Å². The molecule has 0 aliphatic rings. The Morgan fingerprint density at radius 3 is 2.19 bits per heavy atom. The van der Waals surface area contributed by atoms with Crippen molar-refractivity contribution in [3.05, 3.63) is 33.8 Å². The highest BCUT2D eigenvalue weighted by Gasteiger charge is 2.13. The first-order valence-electron chi connectivity index (χ1n) is 5.28. The van der Waals surface area contributed by atoms with Gasteiger partial charge in [-0.2, -0.15) is 0 Å². The number of hydrogen-bond acceptors (Lipinski definition) is 1. The van der Waals surface area contributed by atoms with Crippen molar-refractivity contribution in [1.82, 2.24) is 5.32 Å². The highest BCUT2D eigenvalue weighted by Crippen LogP contribution is 2.24. The lowest BCUT2D eigenvalue weighted by Gasteiger charge is -2.20. The summed E-state index contributed by atoms with van der Waals surface area (Å²) in [4.78, 5) is 0. The Balaban J connectivity index is 2.67. The van der Waals surface area contributed by atoms with Gasteiger partial charge in [0.25, 0.3) is 0 Å². The average Bonchev–Trinajstić information content (AvgIpc) is 2.22. The first-order valence-corrected chi connectivity index (χ1v) is 6.57. The van der Waals surface area contributed by atoms with Crippen molar-refractivity contribution < 1.29 is 0 Å². The minimum absolute atomic E-state index is 0.272. The quantitative estimate of drug-likeness (QED) is 0.791. The molecule has 0 fully saturated rings. The summed E-state index contributed by atoms with van der Waals surface area (Å²) < 4.78 is 0. The van der Waals surface area contributed by atoms with Crippen LogP contribution in [-0.4, -0.2) is 11.9 Å². The SMILES string of the molecule is CC(C)C(CCl)NCc1c(Cl)cccc1Cl. The summed E-state index contributed by atoms with van der Waals surface area (Å²) in [6, 6.07) is 5.80. The van der Waals surface area contributed by atoms with E-state index in [1.165, 1.54) is 0 Å². The third-order valence-corrected chi connectivity index (χ3v) is 3.61. The third-order valence-electron chi connectivity index (χ3n) is 2.57. The van der Waals surface area contributed by atoms with E-state index in [0.29, 0.717) is 28.4 Å². The fourth-order valence-corrected chi connectivity index (χ4v) is 2.40. The van der Waals surface area contributed by atoms with Gasteiger partial charge in [-0.1, -0.05) is 43.1 Å². The molecule has 0 saturated heterocycles. The molecule has 1 atom stereocenters. The van der Waals surface area contributed by atoms with Crippen LogP contribution in [0, 0.1) is 5.92 Å². The maximum Gasteiger partial charge on any atom is 0.0465 e. The van der Waals surface area contributed by atoms with E-state index in [4.69, 9.17) is 34.8 Å². The molecule has 0 aromatic heterocycles. The second kappa shape index (κ2) is 6.70. The summed E-state index contributed by atoms with van der Waals surface area (Å²) in [7, 11) is 0. The van der Waals surface area contributed by atoms with Gasteiger partial charge in [0, 0.05) is 34.1 Å². The van der Waals surface area contributed by atoms with Gasteiger partial charge in [-0.15, -0.1) is 11.6 Å². The summed E-state index contributed by atoms with van der Waals surface area (Å²) in [6.45, 7) is 4.91. The minimum Gasteiger partial charge on any atom is -0.308 e. The number of benzene rings is 1. The maximum atomic E-state index is 6.08. The fourth-order valence-electron chi connectivity index (χ4n) is 1.40. The van der Waals surface area contributed by atoms with E-state index >= 15 is 0 Å². The van der Waals surface area contributed by atoms with Crippen molar-refractivity contribution in [2.75, 3.05) is 5.88 Å². The van der Waals surface area contributed by atoms with Gasteiger partial charge in [0.1, 0.15) is 0 Å². The van der Waals surface area contributed by atoms with Crippen LogP contribution < -0.4 is 5.32 Å². The van der Waals surface area contributed by atoms with Crippen LogP contribution >= 0.6 is 34.8 Å². The Kier molecular flexibility index (Phi) is 5.91. The molecule has 1 N–H and O–H groups in total. The zero-order valence-electron chi connectivity index (χ0n) is 9.43. The Hall–Kier alpha value is 0.0500. The molecule has 16 heavy (non-hydrogen) atoms. The number of alkyl halides is 1. The first-order chi connectivity index (χ1) is 7.56. The van der Waals surface area contributed by atoms with E-state index in [9.17, 15) is 0 Å². The Morgan fingerprint density at radius 2 is 1.75 bits per heavy atom. The zero-order chi connectivity index (χ0) is 12.1. The van der Waals surface area contributed by atoms with Crippen LogP contribution in [0.4, 0.5) is 0 Å². The molecule has 0 amide bonds. The van der Waals surface area contributed by atoms with Gasteiger partial charge < -0.3 is 5.32 Å². The fraction of sp³-hybridized carbons (Fsp3) is 0.500. The maximum absolute atomic E-state index is 6.08. The summed E-state index contributed by atoms with van der Waals surface area (Å²) in [6.07, 6.45) is 0.